The zero-order valence-electron chi connectivity index (χ0n) is 16.3. The molecule has 11 heteroatoms. The van der Waals surface area contributed by atoms with E-state index in [4.69, 9.17) is 23.2 Å². The molecule has 2 aromatic heterocycles. The van der Waals surface area contributed by atoms with Crippen molar-refractivity contribution in [3.05, 3.63) is 43.5 Å². The summed E-state index contributed by atoms with van der Waals surface area (Å²) in [6.45, 7) is 0. The first-order valence-corrected chi connectivity index (χ1v) is 12.3. The molecule has 0 saturated heterocycles. The van der Waals surface area contributed by atoms with Crippen LogP contribution in [0.2, 0.25) is 10.0 Å². The fraction of sp³-hybridized carbons (Fsp3) is 0.500. The number of hydrogen-bond donors (Lipinski definition) is 2. The van der Waals surface area contributed by atoms with E-state index in [1.165, 1.54) is 18.5 Å². The van der Waals surface area contributed by atoms with Gasteiger partial charge in [0.25, 0.3) is 11.6 Å². The minimum absolute atomic E-state index is 0.159. The largest absolute Gasteiger partial charge is 0.390 e. The van der Waals surface area contributed by atoms with E-state index in [2.05, 4.69) is 10.3 Å². The van der Waals surface area contributed by atoms with Crippen LogP contribution in [0.4, 0.5) is 5.69 Å². The number of carbonyl (C=O) groups is 1. The first kappa shape index (κ1) is 21.5. The number of hydrogen-bond acceptors (Lipinski definition) is 7. The number of amides is 1. The highest BCUT2D eigenvalue weighted by molar-refractivity contribution is 8.01. The molecule has 31 heavy (non-hydrogen) atoms. The number of aromatic nitrogens is 1. The monoisotopic (exact) mass is 499 g/mol. The van der Waals surface area contributed by atoms with Crippen LogP contribution in [0.1, 0.15) is 48.2 Å². The third-order valence-electron chi connectivity index (χ3n) is 6.51. The lowest BCUT2D eigenvalue weighted by Crippen LogP contribution is -2.65. The molecular weight excluding hydrogens is 481 g/mol. The highest BCUT2D eigenvalue weighted by Crippen LogP contribution is 2.57. The molecule has 0 radical (unpaired) electrons. The summed E-state index contributed by atoms with van der Waals surface area (Å²) < 4.78 is 0.328. The van der Waals surface area contributed by atoms with Gasteiger partial charge in [-0.05, 0) is 50.4 Å². The van der Waals surface area contributed by atoms with Crippen LogP contribution in [0.15, 0.2) is 27.6 Å². The normalized spacial score (nSPS) is 31.1. The molecule has 2 heterocycles. The fourth-order valence-electron chi connectivity index (χ4n) is 5.93. The topological polar surface area (TPSA) is 105 Å². The van der Waals surface area contributed by atoms with Crippen LogP contribution in [0, 0.1) is 22.0 Å². The Labute approximate surface area is 196 Å². The summed E-state index contributed by atoms with van der Waals surface area (Å²) in [7, 11) is 0. The van der Waals surface area contributed by atoms with Crippen LogP contribution in [-0.2, 0) is 0 Å². The van der Waals surface area contributed by atoms with Gasteiger partial charge in [-0.15, -0.1) is 11.3 Å². The van der Waals surface area contributed by atoms with Crippen LogP contribution >= 0.6 is 46.3 Å². The SMILES string of the molecule is O=C(N[C@]12C[C@@H]3C[C@@H](C[C@@](O)(C3)C1)C2)c1cc([N+](=O)[O-])c(Sc2c(Cl)cncc2Cl)s1. The van der Waals surface area contributed by atoms with E-state index in [0.717, 1.165) is 55.2 Å². The predicted molar refractivity (Wildman–Crippen MR) is 119 cm³/mol. The quantitative estimate of drug-likeness (QED) is 0.425. The van der Waals surface area contributed by atoms with Gasteiger partial charge in [0.1, 0.15) is 9.09 Å². The molecule has 4 bridgehead atoms. The van der Waals surface area contributed by atoms with Crippen molar-refractivity contribution in [2.24, 2.45) is 11.8 Å². The average molecular weight is 500 g/mol. The summed E-state index contributed by atoms with van der Waals surface area (Å²) in [5, 5.41) is 26.3. The van der Waals surface area contributed by atoms with Crippen molar-refractivity contribution < 1.29 is 14.8 Å². The maximum Gasteiger partial charge on any atom is 0.294 e. The summed E-state index contributed by atoms with van der Waals surface area (Å²) in [6.07, 6.45) is 7.82. The molecule has 4 atom stereocenters. The Balaban J connectivity index is 1.41. The summed E-state index contributed by atoms with van der Waals surface area (Å²) >= 11 is 14.4. The number of nitrogens with one attached hydrogen (secondary N) is 1. The summed E-state index contributed by atoms with van der Waals surface area (Å²) in [6, 6.07) is 1.31. The predicted octanol–water partition coefficient (Wildman–Crippen LogP) is 5.32. The number of halogens is 2. The maximum atomic E-state index is 13.1. The minimum atomic E-state index is -0.700. The molecule has 4 saturated carbocycles. The molecule has 0 aliphatic heterocycles. The lowest BCUT2D eigenvalue weighted by molar-refractivity contribution is -0.387. The van der Waals surface area contributed by atoms with Crippen LogP contribution in [-0.4, -0.2) is 32.1 Å². The van der Waals surface area contributed by atoms with Gasteiger partial charge in [0.15, 0.2) is 0 Å². The molecule has 4 aliphatic rings. The minimum Gasteiger partial charge on any atom is -0.390 e. The number of rotatable bonds is 5. The van der Waals surface area contributed by atoms with Crippen molar-refractivity contribution in [2.45, 2.75) is 58.8 Å². The Kier molecular flexibility index (Phi) is 5.25. The van der Waals surface area contributed by atoms with E-state index >= 15 is 0 Å². The second kappa shape index (κ2) is 7.59. The summed E-state index contributed by atoms with van der Waals surface area (Å²) in [4.78, 5) is 28.9. The van der Waals surface area contributed by atoms with Crippen molar-refractivity contribution in [2.75, 3.05) is 0 Å². The van der Waals surface area contributed by atoms with Gasteiger partial charge in [0.05, 0.1) is 25.5 Å². The van der Waals surface area contributed by atoms with Gasteiger partial charge < -0.3 is 10.4 Å². The number of nitro groups is 1. The van der Waals surface area contributed by atoms with E-state index in [-0.39, 0.29) is 26.5 Å². The van der Waals surface area contributed by atoms with Crippen molar-refractivity contribution >= 4 is 57.9 Å². The van der Waals surface area contributed by atoms with E-state index in [0.29, 0.717) is 27.4 Å². The molecule has 4 aliphatic carbocycles. The molecule has 6 rings (SSSR count). The number of nitrogens with zero attached hydrogens (tertiary/aromatic N) is 2. The number of aliphatic hydroxyl groups is 1. The highest BCUT2D eigenvalue weighted by Gasteiger charge is 2.57. The summed E-state index contributed by atoms with van der Waals surface area (Å²) in [5.74, 6) is 0.509. The molecule has 7 nitrogen and oxygen atoms in total. The summed E-state index contributed by atoms with van der Waals surface area (Å²) in [5.41, 5.74) is -1.29. The number of pyridine rings is 1. The van der Waals surface area contributed by atoms with Gasteiger partial charge in [-0.2, -0.15) is 0 Å². The van der Waals surface area contributed by atoms with E-state index in [1.54, 1.807) is 0 Å². The Bertz CT molecular complexity index is 1060. The lowest BCUT2D eigenvalue weighted by atomic mass is 9.51. The lowest BCUT2D eigenvalue weighted by Gasteiger charge is -2.60. The van der Waals surface area contributed by atoms with Crippen molar-refractivity contribution in [3.63, 3.8) is 0 Å². The van der Waals surface area contributed by atoms with Crippen molar-refractivity contribution in [1.82, 2.24) is 10.3 Å². The third-order valence-corrected chi connectivity index (χ3v) is 9.77. The molecule has 0 spiro atoms. The standard InChI is InChI=1S/C20H19Cl2N3O4S2/c21-12-7-23-8-13(22)16(12)31-18-14(25(28)29)2-15(30-18)17(26)24-19-3-10-1-11(4-19)6-20(27,5-10)9-19/h2,7-8,10-11,27H,1,3-6,9H2,(H,24,26)/t10-,11+,19-,20-. The number of carbonyl (C=O) groups excluding carboxylic acids is 1. The second-order valence-electron chi connectivity index (χ2n) is 8.99. The highest BCUT2D eigenvalue weighted by atomic mass is 35.5. The zero-order chi connectivity index (χ0) is 22.0. The smallest absolute Gasteiger partial charge is 0.294 e. The molecule has 164 valence electrons. The molecule has 1 amide bonds. The zero-order valence-corrected chi connectivity index (χ0v) is 19.4. The van der Waals surface area contributed by atoms with Crippen molar-refractivity contribution in [1.29, 1.82) is 0 Å². The van der Waals surface area contributed by atoms with Crippen LogP contribution in [0.3, 0.4) is 0 Å². The van der Waals surface area contributed by atoms with E-state index in [1.807, 2.05) is 0 Å². The number of thiophene rings is 1. The van der Waals surface area contributed by atoms with Crippen LogP contribution in [0.5, 0.6) is 0 Å². The molecule has 2 N–H and O–H groups in total. The fourth-order valence-corrected chi connectivity index (χ4v) is 8.69. The van der Waals surface area contributed by atoms with Gasteiger partial charge >= 0.3 is 0 Å². The second-order valence-corrected chi connectivity index (χ2v) is 12.1. The first-order valence-electron chi connectivity index (χ1n) is 9.95. The molecule has 0 unspecified atom stereocenters. The Morgan fingerprint density at radius 3 is 2.48 bits per heavy atom. The van der Waals surface area contributed by atoms with Gasteiger partial charge in [-0.1, -0.05) is 35.0 Å². The molecule has 0 aromatic carbocycles. The van der Waals surface area contributed by atoms with Gasteiger partial charge in [0.2, 0.25) is 0 Å². The molecule has 4 fully saturated rings. The van der Waals surface area contributed by atoms with Gasteiger partial charge in [-0.3, -0.25) is 19.9 Å². The first-order chi connectivity index (χ1) is 14.7. The van der Waals surface area contributed by atoms with Gasteiger partial charge in [0, 0.05) is 24.0 Å². The van der Waals surface area contributed by atoms with E-state index in [9.17, 15) is 20.0 Å². The van der Waals surface area contributed by atoms with Crippen molar-refractivity contribution in [3.8, 4) is 0 Å². The Morgan fingerprint density at radius 1 is 1.26 bits per heavy atom. The average Bonchev–Trinajstić information content (AvgIpc) is 3.07. The maximum absolute atomic E-state index is 13.1. The Hall–Kier alpha value is -1.39. The van der Waals surface area contributed by atoms with Gasteiger partial charge in [-0.25, -0.2) is 0 Å². The third kappa shape index (κ3) is 3.95. The van der Waals surface area contributed by atoms with Crippen LogP contribution in [0.25, 0.3) is 0 Å². The Morgan fingerprint density at radius 2 is 1.90 bits per heavy atom. The molecule has 2 aromatic rings. The molecular formula is C20H19Cl2N3O4S2. The van der Waals surface area contributed by atoms with Crippen LogP contribution < -0.4 is 5.32 Å². The van der Waals surface area contributed by atoms with E-state index < -0.39 is 16.1 Å².